The van der Waals surface area contributed by atoms with Gasteiger partial charge in [-0.15, -0.1) is 0 Å². The van der Waals surface area contributed by atoms with E-state index >= 15 is 0 Å². The zero-order chi connectivity index (χ0) is 24.7. The van der Waals surface area contributed by atoms with Crippen molar-refractivity contribution in [1.29, 1.82) is 0 Å². The summed E-state index contributed by atoms with van der Waals surface area (Å²) < 4.78 is 16.7. The highest BCUT2D eigenvalue weighted by atomic mass is 16.6. The molecule has 0 saturated heterocycles. The van der Waals surface area contributed by atoms with Gasteiger partial charge in [-0.05, 0) is 55.2 Å². The van der Waals surface area contributed by atoms with E-state index in [9.17, 15) is 9.59 Å². The molecule has 0 unspecified atom stereocenters. The summed E-state index contributed by atoms with van der Waals surface area (Å²) in [6.45, 7) is 5.96. The van der Waals surface area contributed by atoms with Crippen molar-refractivity contribution in [1.82, 2.24) is 9.97 Å². The number of nitrogens with one attached hydrogen (secondary N) is 1. The summed E-state index contributed by atoms with van der Waals surface area (Å²) in [7, 11) is 0. The topological polar surface area (TPSA) is 143 Å². The monoisotopic (exact) mass is 466 g/mol. The first-order chi connectivity index (χ1) is 16.4. The molecule has 1 aromatic heterocycles. The first kappa shape index (κ1) is 24.6. The van der Waals surface area contributed by atoms with Crippen LogP contribution < -0.4 is 26.5 Å². The molecule has 0 aliphatic heterocycles. The molecule has 0 aliphatic carbocycles. The average Bonchev–Trinajstić information content (AvgIpc) is 2.84. The minimum Gasteiger partial charge on any atom is -0.490 e. The van der Waals surface area contributed by atoms with Gasteiger partial charge >= 0.3 is 5.97 Å². The SMILES string of the molecule is CCOC(=O)COc1cccc(-c2ccc(-c3nc(N)c(N)c(=O)[nH]3)c(OC(CC)CC)c2)c1. The third-order valence-corrected chi connectivity index (χ3v) is 5.26. The van der Waals surface area contributed by atoms with E-state index in [4.69, 9.17) is 25.7 Å². The Bertz CT molecular complexity index is 1200. The van der Waals surface area contributed by atoms with Crippen LogP contribution in [0.4, 0.5) is 11.5 Å². The number of nitrogens with two attached hydrogens (primary N) is 2. The summed E-state index contributed by atoms with van der Waals surface area (Å²) in [6.07, 6.45) is 1.60. The van der Waals surface area contributed by atoms with Gasteiger partial charge in [0.05, 0.1) is 18.3 Å². The molecule has 9 heteroatoms. The second-order valence-electron chi connectivity index (χ2n) is 7.60. The van der Waals surface area contributed by atoms with E-state index in [-0.39, 0.29) is 30.0 Å². The van der Waals surface area contributed by atoms with Crippen molar-refractivity contribution in [3.8, 4) is 34.0 Å². The van der Waals surface area contributed by atoms with Gasteiger partial charge in [-0.2, -0.15) is 0 Å². The zero-order valence-electron chi connectivity index (χ0n) is 19.6. The molecule has 34 heavy (non-hydrogen) atoms. The Morgan fingerprint density at radius 1 is 1.06 bits per heavy atom. The smallest absolute Gasteiger partial charge is 0.344 e. The van der Waals surface area contributed by atoms with Crippen LogP contribution in [-0.4, -0.2) is 35.3 Å². The van der Waals surface area contributed by atoms with Crippen molar-refractivity contribution in [2.45, 2.75) is 39.7 Å². The standard InChI is InChI=1S/C25H30N4O5/c1-4-17(5-2)34-20-13-16(10-11-19(20)24-28-23(27)22(26)25(31)29-24)15-8-7-9-18(12-15)33-14-21(30)32-6-3/h7-13,17H,4-6,14,26H2,1-3H3,(H3,27,28,29,31). The van der Waals surface area contributed by atoms with Gasteiger partial charge in [0.15, 0.2) is 12.4 Å². The third kappa shape index (κ3) is 5.86. The van der Waals surface area contributed by atoms with Crippen LogP contribution in [-0.2, 0) is 9.53 Å². The molecule has 9 nitrogen and oxygen atoms in total. The van der Waals surface area contributed by atoms with Crippen molar-refractivity contribution in [2.75, 3.05) is 24.7 Å². The second-order valence-corrected chi connectivity index (χ2v) is 7.60. The number of aromatic amines is 1. The maximum Gasteiger partial charge on any atom is 0.344 e. The maximum absolute atomic E-state index is 12.2. The van der Waals surface area contributed by atoms with Gasteiger partial charge in [0.1, 0.15) is 23.0 Å². The molecule has 0 amide bonds. The number of anilines is 2. The summed E-state index contributed by atoms with van der Waals surface area (Å²) >= 11 is 0. The van der Waals surface area contributed by atoms with Crippen molar-refractivity contribution in [3.63, 3.8) is 0 Å². The van der Waals surface area contributed by atoms with Crippen molar-refractivity contribution in [3.05, 3.63) is 52.8 Å². The Balaban J connectivity index is 2.00. The normalized spacial score (nSPS) is 10.8. The number of esters is 1. The van der Waals surface area contributed by atoms with Crippen LogP contribution in [0.3, 0.4) is 0 Å². The fourth-order valence-corrected chi connectivity index (χ4v) is 3.37. The van der Waals surface area contributed by atoms with Gasteiger partial charge in [0.2, 0.25) is 0 Å². The van der Waals surface area contributed by atoms with E-state index in [1.54, 1.807) is 13.0 Å². The van der Waals surface area contributed by atoms with Gasteiger partial charge in [-0.1, -0.05) is 32.0 Å². The van der Waals surface area contributed by atoms with Gasteiger partial charge in [0.25, 0.3) is 5.56 Å². The second kappa shape index (κ2) is 11.2. The van der Waals surface area contributed by atoms with E-state index in [1.807, 2.05) is 50.2 Å². The first-order valence-corrected chi connectivity index (χ1v) is 11.2. The van der Waals surface area contributed by atoms with Gasteiger partial charge in [-0.25, -0.2) is 9.78 Å². The third-order valence-electron chi connectivity index (χ3n) is 5.26. The predicted octanol–water partition coefficient (Wildman–Crippen LogP) is 3.78. The molecule has 0 saturated carbocycles. The summed E-state index contributed by atoms with van der Waals surface area (Å²) in [5.41, 5.74) is 13.2. The van der Waals surface area contributed by atoms with E-state index in [0.29, 0.717) is 23.7 Å². The Hall–Kier alpha value is -4.01. The number of carbonyl (C=O) groups is 1. The fourth-order valence-electron chi connectivity index (χ4n) is 3.37. The predicted molar refractivity (Wildman–Crippen MR) is 132 cm³/mol. The van der Waals surface area contributed by atoms with Crippen LogP contribution in [0.1, 0.15) is 33.6 Å². The Kier molecular flexibility index (Phi) is 8.13. The molecule has 2 aromatic carbocycles. The highest BCUT2D eigenvalue weighted by Gasteiger charge is 2.16. The molecule has 5 N–H and O–H groups in total. The van der Waals surface area contributed by atoms with E-state index in [0.717, 1.165) is 24.0 Å². The molecule has 0 aliphatic rings. The van der Waals surface area contributed by atoms with Gasteiger partial charge in [-0.3, -0.25) is 4.79 Å². The van der Waals surface area contributed by atoms with Crippen molar-refractivity contribution >= 4 is 17.5 Å². The highest BCUT2D eigenvalue weighted by Crippen LogP contribution is 2.35. The number of rotatable bonds is 10. The van der Waals surface area contributed by atoms with E-state index in [1.165, 1.54) is 0 Å². The highest BCUT2D eigenvalue weighted by molar-refractivity contribution is 5.75. The lowest BCUT2D eigenvalue weighted by Gasteiger charge is -2.19. The number of ether oxygens (including phenoxy) is 3. The van der Waals surface area contributed by atoms with Crippen LogP contribution >= 0.6 is 0 Å². The summed E-state index contributed by atoms with van der Waals surface area (Å²) in [5.74, 6) is 0.895. The number of nitrogens with zero attached hydrogens (tertiary/aromatic N) is 1. The minimum absolute atomic E-state index is 0.0221. The minimum atomic E-state index is -0.508. The van der Waals surface area contributed by atoms with Gasteiger partial charge < -0.3 is 30.7 Å². The number of nitrogen functional groups attached to an aromatic ring is 2. The Morgan fingerprint density at radius 2 is 1.79 bits per heavy atom. The molecule has 0 bridgehead atoms. The molecular weight excluding hydrogens is 436 g/mol. The maximum atomic E-state index is 12.2. The lowest BCUT2D eigenvalue weighted by molar-refractivity contribution is -0.145. The Labute approximate surface area is 198 Å². The number of benzene rings is 2. The summed E-state index contributed by atoms with van der Waals surface area (Å²) in [6, 6.07) is 12.9. The largest absolute Gasteiger partial charge is 0.490 e. The molecule has 0 fully saturated rings. The van der Waals surface area contributed by atoms with Crippen molar-refractivity contribution < 1.29 is 19.0 Å². The lowest BCUT2D eigenvalue weighted by atomic mass is 10.0. The van der Waals surface area contributed by atoms with Crippen LogP contribution in [0.5, 0.6) is 11.5 Å². The quantitative estimate of drug-likeness (QED) is 0.383. The summed E-state index contributed by atoms with van der Waals surface area (Å²) in [4.78, 5) is 30.7. The van der Waals surface area contributed by atoms with Crippen LogP contribution in [0.15, 0.2) is 47.3 Å². The molecular formula is C25H30N4O5. The average molecular weight is 467 g/mol. The lowest BCUT2D eigenvalue weighted by Crippen LogP contribution is -2.18. The van der Waals surface area contributed by atoms with Crippen LogP contribution in [0.25, 0.3) is 22.5 Å². The van der Waals surface area contributed by atoms with E-state index < -0.39 is 11.5 Å². The number of carbonyl (C=O) groups excluding carboxylic acids is 1. The molecule has 1 heterocycles. The van der Waals surface area contributed by atoms with Crippen molar-refractivity contribution in [2.24, 2.45) is 0 Å². The number of hydrogen-bond donors (Lipinski definition) is 3. The number of aromatic nitrogens is 2. The van der Waals surface area contributed by atoms with E-state index in [2.05, 4.69) is 9.97 Å². The number of hydrogen-bond acceptors (Lipinski definition) is 8. The molecule has 3 rings (SSSR count). The molecule has 180 valence electrons. The first-order valence-electron chi connectivity index (χ1n) is 11.2. The molecule has 0 radical (unpaired) electrons. The fraction of sp³-hybridized carbons (Fsp3) is 0.320. The summed E-state index contributed by atoms with van der Waals surface area (Å²) in [5, 5.41) is 0. The molecule has 0 spiro atoms. The Morgan fingerprint density at radius 3 is 2.47 bits per heavy atom. The van der Waals surface area contributed by atoms with Crippen LogP contribution in [0.2, 0.25) is 0 Å². The molecule has 3 aromatic rings. The zero-order valence-corrected chi connectivity index (χ0v) is 19.6. The molecule has 0 atom stereocenters. The number of H-pyrrole nitrogens is 1. The van der Waals surface area contributed by atoms with Gasteiger partial charge in [0, 0.05) is 0 Å². The van der Waals surface area contributed by atoms with Crippen LogP contribution in [0, 0.1) is 0 Å².